The van der Waals surface area contributed by atoms with Crippen molar-refractivity contribution in [3.05, 3.63) is 106 Å². The third-order valence-electron chi connectivity index (χ3n) is 9.97. The molecule has 1 heterocycles. The summed E-state index contributed by atoms with van der Waals surface area (Å²) in [7, 11) is 0. The minimum atomic E-state index is -0.760. The third-order valence-corrected chi connectivity index (χ3v) is 9.97. The molecule has 0 bridgehead atoms. The van der Waals surface area contributed by atoms with E-state index in [0.29, 0.717) is 0 Å². The number of nitrogens with zero attached hydrogens (tertiary/aromatic N) is 4. The van der Waals surface area contributed by atoms with Gasteiger partial charge in [-0.2, -0.15) is 0 Å². The lowest BCUT2D eigenvalue weighted by molar-refractivity contribution is -0.138. The normalized spacial score (nSPS) is 17.4. The Morgan fingerprint density at radius 3 is 0.878 bits per heavy atom. The zero-order chi connectivity index (χ0) is 35.8. The second-order valence-corrected chi connectivity index (χ2v) is 17.3. The third kappa shape index (κ3) is 12.7. The summed E-state index contributed by atoms with van der Waals surface area (Å²) in [6, 6.07) is 27.4. The highest BCUT2D eigenvalue weighted by Gasteiger charge is 2.21. The Morgan fingerprint density at radius 2 is 0.673 bits per heavy atom. The van der Waals surface area contributed by atoms with E-state index in [4.69, 9.17) is 0 Å². The summed E-state index contributed by atoms with van der Waals surface area (Å²) in [6.07, 6.45) is 0. The lowest BCUT2D eigenvalue weighted by Gasteiger charge is -2.34. The molecule has 0 aromatic heterocycles. The molecule has 0 radical (unpaired) electrons. The number of benzene rings is 3. The summed E-state index contributed by atoms with van der Waals surface area (Å²) in [4.78, 5) is 21.7. The summed E-state index contributed by atoms with van der Waals surface area (Å²) < 4.78 is 0. The largest absolute Gasteiger partial charge is 0.480 e. The first kappa shape index (κ1) is 38.8. The molecule has 1 fully saturated rings. The van der Waals surface area contributed by atoms with Crippen molar-refractivity contribution in [2.75, 3.05) is 58.9 Å². The zero-order valence-corrected chi connectivity index (χ0v) is 32.1. The van der Waals surface area contributed by atoms with Crippen LogP contribution in [0.4, 0.5) is 0 Å². The van der Waals surface area contributed by atoms with Crippen molar-refractivity contribution in [1.82, 2.24) is 19.6 Å². The van der Waals surface area contributed by atoms with Gasteiger partial charge in [-0.15, -0.1) is 0 Å². The molecule has 4 rings (SSSR count). The Hall–Kier alpha value is -3.03. The van der Waals surface area contributed by atoms with Crippen molar-refractivity contribution in [3.63, 3.8) is 0 Å². The van der Waals surface area contributed by atoms with Crippen LogP contribution in [0.3, 0.4) is 0 Å². The predicted octanol–water partition coefficient (Wildman–Crippen LogP) is 7.79. The molecule has 3 aromatic rings. The highest BCUT2D eigenvalue weighted by Crippen LogP contribution is 2.25. The minimum Gasteiger partial charge on any atom is -0.480 e. The summed E-state index contributed by atoms with van der Waals surface area (Å²) >= 11 is 0. The smallest absolute Gasteiger partial charge is 0.317 e. The standard InChI is InChI=1S/C43H64N4O2/c1-41(2,3)37-16-10-34(11-17-37)30-44-22-24-45(31-35-12-18-38(19-13-35)42(4,5)6)26-28-47(33-40(48)49)29-27-46(25-23-44)32-36-14-20-39(21-15-36)43(7,8)9/h10-21H,22-33H2,1-9H3,(H,48,49). The summed E-state index contributed by atoms with van der Waals surface area (Å²) in [5.41, 5.74) is 8.39. The van der Waals surface area contributed by atoms with Crippen molar-refractivity contribution in [1.29, 1.82) is 0 Å². The number of hydrogen-bond donors (Lipinski definition) is 1. The molecule has 0 atom stereocenters. The predicted molar refractivity (Wildman–Crippen MR) is 205 cm³/mol. The topological polar surface area (TPSA) is 50.3 Å². The van der Waals surface area contributed by atoms with E-state index in [1.54, 1.807) is 0 Å². The molecular weight excluding hydrogens is 604 g/mol. The van der Waals surface area contributed by atoms with E-state index in [2.05, 4.69) is 155 Å². The number of carboxylic acid groups (broad SMARTS) is 1. The van der Waals surface area contributed by atoms with Gasteiger partial charge in [0.05, 0.1) is 6.54 Å². The Kier molecular flexibility index (Phi) is 13.3. The number of carboxylic acids is 1. The molecule has 3 aromatic carbocycles. The van der Waals surface area contributed by atoms with E-state index >= 15 is 0 Å². The first-order chi connectivity index (χ1) is 23.0. The van der Waals surface area contributed by atoms with Crippen LogP contribution >= 0.6 is 0 Å². The van der Waals surface area contributed by atoms with E-state index < -0.39 is 5.97 Å². The minimum absolute atomic E-state index is 0.0684. The Morgan fingerprint density at radius 1 is 0.449 bits per heavy atom. The number of carbonyl (C=O) groups is 1. The van der Waals surface area contributed by atoms with Gasteiger partial charge in [-0.25, -0.2) is 0 Å². The van der Waals surface area contributed by atoms with Crippen molar-refractivity contribution in [2.45, 2.75) is 98.2 Å². The van der Waals surface area contributed by atoms with Gasteiger partial charge in [0.1, 0.15) is 0 Å². The Bertz CT molecular complexity index is 1370. The Balaban J connectivity index is 1.55. The average molecular weight is 669 g/mol. The van der Waals surface area contributed by atoms with Crippen molar-refractivity contribution in [3.8, 4) is 0 Å². The average Bonchev–Trinajstić information content (AvgIpc) is 3.01. The number of hydrogen-bond acceptors (Lipinski definition) is 5. The van der Waals surface area contributed by atoms with E-state index in [1.807, 2.05) is 0 Å². The maximum absolute atomic E-state index is 11.9. The van der Waals surface area contributed by atoms with Gasteiger partial charge in [-0.1, -0.05) is 135 Å². The quantitative estimate of drug-likeness (QED) is 0.265. The first-order valence-corrected chi connectivity index (χ1v) is 18.4. The number of aliphatic carboxylic acids is 1. The van der Waals surface area contributed by atoms with E-state index in [1.165, 1.54) is 33.4 Å². The lowest BCUT2D eigenvalue weighted by atomic mass is 9.86. The van der Waals surface area contributed by atoms with Crippen LogP contribution in [0.5, 0.6) is 0 Å². The molecule has 1 N–H and O–H groups in total. The highest BCUT2D eigenvalue weighted by atomic mass is 16.4. The molecule has 49 heavy (non-hydrogen) atoms. The fraction of sp³-hybridized carbons (Fsp3) is 0.558. The van der Waals surface area contributed by atoms with Gasteiger partial charge in [0.15, 0.2) is 0 Å². The van der Waals surface area contributed by atoms with Gasteiger partial charge in [0.25, 0.3) is 0 Å². The van der Waals surface area contributed by atoms with Crippen LogP contribution in [0, 0.1) is 0 Å². The highest BCUT2D eigenvalue weighted by molar-refractivity contribution is 5.69. The molecule has 6 nitrogen and oxygen atoms in total. The molecule has 0 aliphatic carbocycles. The molecule has 268 valence electrons. The molecule has 0 amide bonds. The van der Waals surface area contributed by atoms with Gasteiger partial charge >= 0.3 is 5.97 Å². The SMILES string of the molecule is CC(C)(C)c1ccc(CN2CCN(CC(=O)O)CCN(Cc3ccc(C(C)(C)C)cc3)CCN(Cc3ccc(C(C)(C)C)cc3)CC2)cc1. The summed E-state index contributed by atoms with van der Waals surface area (Å²) in [6.45, 7) is 29.9. The maximum atomic E-state index is 11.9. The van der Waals surface area contributed by atoms with Crippen molar-refractivity contribution in [2.24, 2.45) is 0 Å². The van der Waals surface area contributed by atoms with Gasteiger partial charge < -0.3 is 5.11 Å². The molecule has 0 saturated carbocycles. The van der Waals surface area contributed by atoms with Gasteiger partial charge in [-0.05, 0) is 49.6 Å². The lowest BCUT2D eigenvalue weighted by Crippen LogP contribution is -2.46. The summed E-state index contributed by atoms with van der Waals surface area (Å²) in [5.74, 6) is -0.760. The zero-order valence-electron chi connectivity index (χ0n) is 32.1. The fourth-order valence-corrected chi connectivity index (χ4v) is 6.51. The Labute approximate surface area is 298 Å². The van der Waals surface area contributed by atoms with E-state index in [-0.39, 0.29) is 22.8 Å². The monoisotopic (exact) mass is 669 g/mol. The second kappa shape index (κ2) is 16.8. The second-order valence-electron chi connectivity index (χ2n) is 17.3. The molecule has 0 spiro atoms. The van der Waals surface area contributed by atoms with Crippen molar-refractivity contribution < 1.29 is 9.90 Å². The van der Waals surface area contributed by atoms with Gasteiger partial charge in [0.2, 0.25) is 0 Å². The first-order valence-electron chi connectivity index (χ1n) is 18.4. The van der Waals surface area contributed by atoms with Crippen LogP contribution in [0.1, 0.15) is 95.7 Å². The van der Waals surface area contributed by atoms with Crippen LogP contribution in [0.2, 0.25) is 0 Å². The number of rotatable bonds is 8. The fourth-order valence-electron chi connectivity index (χ4n) is 6.51. The summed E-state index contributed by atoms with van der Waals surface area (Å²) in [5, 5.41) is 9.80. The molecule has 1 aliphatic heterocycles. The van der Waals surface area contributed by atoms with Gasteiger partial charge in [0, 0.05) is 72.0 Å². The van der Waals surface area contributed by atoms with Crippen LogP contribution < -0.4 is 0 Å². The molecule has 6 heteroatoms. The molecule has 1 saturated heterocycles. The van der Waals surface area contributed by atoms with Crippen LogP contribution in [-0.2, 0) is 40.7 Å². The van der Waals surface area contributed by atoms with Crippen molar-refractivity contribution >= 4 is 5.97 Å². The van der Waals surface area contributed by atoms with E-state index in [9.17, 15) is 9.90 Å². The molecule has 0 unspecified atom stereocenters. The molecule has 1 aliphatic rings. The molecular formula is C43H64N4O2. The van der Waals surface area contributed by atoms with Crippen LogP contribution in [-0.4, -0.2) is 89.6 Å². The van der Waals surface area contributed by atoms with Crippen LogP contribution in [0.25, 0.3) is 0 Å². The van der Waals surface area contributed by atoms with Crippen LogP contribution in [0.15, 0.2) is 72.8 Å². The van der Waals surface area contributed by atoms with Gasteiger partial charge in [-0.3, -0.25) is 24.4 Å². The maximum Gasteiger partial charge on any atom is 0.317 e. The van der Waals surface area contributed by atoms with E-state index in [0.717, 1.165) is 72.0 Å².